The van der Waals surface area contributed by atoms with Crippen LogP contribution in [0.25, 0.3) is 5.65 Å². The van der Waals surface area contributed by atoms with E-state index in [2.05, 4.69) is 15.2 Å². The first-order valence-electron chi connectivity index (χ1n) is 7.14. The molecular formula is C16H12ClN5O3. The van der Waals surface area contributed by atoms with Gasteiger partial charge in [-0.05, 0) is 36.4 Å². The van der Waals surface area contributed by atoms with E-state index in [1.165, 1.54) is 12.1 Å². The minimum atomic E-state index is -1.03. The third-order valence-electron chi connectivity index (χ3n) is 3.36. The highest BCUT2D eigenvalue weighted by Gasteiger charge is 2.15. The zero-order chi connectivity index (χ0) is 18.0. The summed E-state index contributed by atoms with van der Waals surface area (Å²) in [6.45, 7) is 0. The molecule has 1 aromatic carbocycles. The van der Waals surface area contributed by atoms with E-state index in [9.17, 15) is 9.59 Å². The Morgan fingerprint density at radius 2 is 1.88 bits per heavy atom. The number of carbonyl (C=O) groups is 2. The molecule has 0 aliphatic carbocycles. The molecule has 0 saturated carbocycles. The molecule has 126 valence electrons. The molecule has 0 unspecified atom stereocenters. The number of amides is 1. The van der Waals surface area contributed by atoms with Gasteiger partial charge in [0.2, 0.25) is 5.91 Å². The molecule has 0 atom stereocenters. The number of benzene rings is 1. The number of carboxylic acids is 1. The van der Waals surface area contributed by atoms with Gasteiger partial charge in [0.1, 0.15) is 5.65 Å². The van der Waals surface area contributed by atoms with Crippen LogP contribution >= 0.6 is 11.6 Å². The van der Waals surface area contributed by atoms with Crippen molar-refractivity contribution in [2.24, 2.45) is 16.0 Å². The number of nitrogens with zero attached hydrogens (tertiary/aromatic N) is 4. The lowest BCUT2D eigenvalue weighted by atomic mass is 10.2. The van der Waals surface area contributed by atoms with Crippen molar-refractivity contribution in [2.75, 3.05) is 0 Å². The molecule has 2 heterocycles. The summed E-state index contributed by atoms with van der Waals surface area (Å²) in [7, 11) is 0. The minimum Gasteiger partial charge on any atom is -0.481 e. The monoisotopic (exact) mass is 357 g/mol. The third kappa shape index (κ3) is 3.64. The number of nitrogens with two attached hydrogens (primary N) is 1. The Labute approximate surface area is 146 Å². The zero-order valence-corrected chi connectivity index (χ0v) is 13.5. The van der Waals surface area contributed by atoms with E-state index in [0.717, 1.165) is 0 Å². The molecule has 0 bridgehead atoms. The molecule has 8 nitrogen and oxygen atoms in total. The fourth-order valence-corrected chi connectivity index (χ4v) is 2.38. The van der Waals surface area contributed by atoms with Gasteiger partial charge in [-0.15, -0.1) is 10.2 Å². The molecule has 0 aliphatic heterocycles. The second-order valence-electron chi connectivity index (χ2n) is 5.14. The zero-order valence-electron chi connectivity index (χ0n) is 12.8. The van der Waals surface area contributed by atoms with E-state index < -0.39 is 11.9 Å². The SMILES string of the molecule is NC(=O)c1ccc(N=Nc2c(CC(=O)O)nc3ccc(Cl)cn23)cc1. The van der Waals surface area contributed by atoms with Crippen molar-refractivity contribution in [1.82, 2.24) is 9.38 Å². The predicted molar refractivity (Wildman–Crippen MR) is 90.7 cm³/mol. The van der Waals surface area contributed by atoms with Gasteiger partial charge < -0.3 is 10.8 Å². The van der Waals surface area contributed by atoms with Crippen LogP contribution in [0.3, 0.4) is 0 Å². The molecule has 1 amide bonds. The van der Waals surface area contributed by atoms with Gasteiger partial charge in [-0.3, -0.25) is 14.0 Å². The number of pyridine rings is 1. The molecule has 0 radical (unpaired) electrons. The van der Waals surface area contributed by atoms with Crippen LogP contribution in [0.15, 0.2) is 52.8 Å². The quantitative estimate of drug-likeness (QED) is 0.681. The Kier molecular flexibility index (Phi) is 4.44. The summed E-state index contributed by atoms with van der Waals surface area (Å²) in [5.41, 5.74) is 6.80. The normalized spacial score (nSPS) is 11.2. The maximum atomic E-state index is 11.1. The molecule has 3 rings (SSSR count). The molecule has 0 fully saturated rings. The number of carboxylic acid groups (broad SMARTS) is 1. The summed E-state index contributed by atoms with van der Waals surface area (Å²) < 4.78 is 1.57. The summed E-state index contributed by atoms with van der Waals surface area (Å²) in [6.07, 6.45) is 1.29. The van der Waals surface area contributed by atoms with Crippen LogP contribution in [0.1, 0.15) is 16.1 Å². The summed E-state index contributed by atoms with van der Waals surface area (Å²) >= 11 is 5.99. The van der Waals surface area contributed by atoms with Crippen molar-refractivity contribution >= 4 is 40.6 Å². The van der Waals surface area contributed by atoms with Crippen molar-refractivity contribution in [3.05, 3.63) is 58.9 Å². The van der Waals surface area contributed by atoms with Gasteiger partial charge >= 0.3 is 5.97 Å². The van der Waals surface area contributed by atoms with Gasteiger partial charge in [-0.2, -0.15) is 0 Å². The molecule has 3 aromatic rings. The maximum absolute atomic E-state index is 11.1. The highest BCUT2D eigenvalue weighted by molar-refractivity contribution is 6.30. The summed E-state index contributed by atoms with van der Waals surface area (Å²) in [4.78, 5) is 26.4. The highest BCUT2D eigenvalue weighted by atomic mass is 35.5. The van der Waals surface area contributed by atoms with Gasteiger partial charge in [0.05, 0.1) is 22.8 Å². The first kappa shape index (κ1) is 16.6. The van der Waals surface area contributed by atoms with E-state index in [-0.39, 0.29) is 17.9 Å². The third-order valence-corrected chi connectivity index (χ3v) is 3.58. The molecule has 9 heteroatoms. The lowest BCUT2D eigenvalue weighted by Gasteiger charge is -1.99. The fourth-order valence-electron chi connectivity index (χ4n) is 2.22. The number of rotatable bonds is 5. The van der Waals surface area contributed by atoms with Crippen LogP contribution in [0.2, 0.25) is 5.02 Å². The van der Waals surface area contributed by atoms with Gasteiger partial charge in [-0.1, -0.05) is 11.6 Å². The minimum absolute atomic E-state index is 0.271. The molecule has 2 aromatic heterocycles. The number of hydrogen-bond donors (Lipinski definition) is 2. The van der Waals surface area contributed by atoms with Crippen LogP contribution in [0.5, 0.6) is 0 Å². The van der Waals surface area contributed by atoms with Crippen LogP contribution in [-0.4, -0.2) is 26.4 Å². The first-order chi connectivity index (χ1) is 11.9. The first-order valence-corrected chi connectivity index (χ1v) is 7.52. The molecule has 0 aliphatic rings. The van der Waals surface area contributed by atoms with E-state index in [4.69, 9.17) is 22.4 Å². The van der Waals surface area contributed by atoms with E-state index in [1.807, 2.05) is 0 Å². The van der Waals surface area contributed by atoms with Crippen molar-refractivity contribution in [3.63, 3.8) is 0 Å². The Balaban J connectivity index is 2.02. The van der Waals surface area contributed by atoms with Gasteiger partial charge in [0, 0.05) is 11.8 Å². The molecule has 0 saturated heterocycles. The summed E-state index contributed by atoms with van der Waals surface area (Å²) in [5, 5.41) is 17.7. The number of fused-ring (bicyclic) bond motifs is 1. The van der Waals surface area contributed by atoms with Gasteiger partial charge in [-0.25, -0.2) is 4.98 Å². The fraction of sp³-hybridized carbons (Fsp3) is 0.0625. The molecule has 25 heavy (non-hydrogen) atoms. The molecule has 3 N–H and O–H groups in total. The number of hydrogen-bond acceptors (Lipinski definition) is 5. The van der Waals surface area contributed by atoms with Crippen molar-refractivity contribution in [3.8, 4) is 0 Å². The van der Waals surface area contributed by atoms with Crippen LogP contribution < -0.4 is 5.73 Å². The number of carbonyl (C=O) groups excluding carboxylic acids is 1. The lowest BCUT2D eigenvalue weighted by Crippen LogP contribution is -2.10. The number of primary amides is 1. The van der Waals surface area contributed by atoms with Crippen molar-refractivity contribution in [2.45, 2.75) is 6.42 Å². The van der Waals surface area contributed by atoms with Crippen molar-refractivity contribution < 1.29 is 14.7 Å². The average molecular weight is 358 g/mol. The largest absolute Gasteiger partial charge is 0.481 e. The number of azo groups is 1. The topological polar surface area (TPSA) is 122 Å². The van der Waals surface area contributed by atoms with Gasteiger partial charge in [0.15, 0.2) is 5.82 Å². The number of imidazole rings is 1. The van der Waals surface area contributed by atoms with Crippen LogP contribution in [0, 0.1) is 0 Å². The lowest BCUT2D eigenvalue weighted by molar-refractivity contribution is -0.136. The Morgan fingerprint density at radius 3 is 2.52 bits per heavy atom. The smallest absolute Gasteiger partial charge is 0.309 e. The Bertz CT molecular complexity index is 995. The summed E-state index contributed by atoms with van der Waals surface area (Å²) in [6, 6.07) is 9.53. The number of halogens is 1. The second-order valence-corrected chi connectivity index (χ2v) is 5.58. The molecule has 0 spiro atoms. The van der Waals surface area contributed by atoms with Crippen LogP contribution in [-0.2, 0) is 11.2 Å². The van der Waals surface area contributed by atoms with Gasteiger partial charge in [0.25, 0.3) is 0 Å². The van der Waals surface area contributed by atoms with E-state index >= 15 is 0 Å². The average Bonchev–Trinajstić information content (AvgIpc) is 2.89. The predicted octanol–water partition coefficient (Wildman–Crippen LogP) is 3.13. The maximum Gasteiger partial charge on any atom is 0.309 e. The molecular weight excluding hydrogens is 346 g/mol. The van der Waals surface area contributed by atoms with E-state index in [0.29, 0.717) is 21.9 Å². The Hall–Kier alpha value is -3.26. The van der Waals surface area contributed by atoms with E-state index in [1.54, 1.807) is 34.9 Å². The standard InChI is InChI=1S/C16H12ClN5O3/c17-10-3-6-13-19-12(7-14(23)24)16(22(13)8-10)21-20-11-4-1-9(2-5-11)15(18)25/h1-6,8H,7H2,(H2,18,25)(H,23,24). The number of aliphatic carboxylic acids is 1. The highest BCUT2D eigenvalue weighted by Crippen LogP contribution is 2.26. The second kappa shape index (κ2) is 6.70. The van der Waals surface area contributed by atoms with Crippen LogP contribution in [0.4, 0.5) is 11.5 Å². The summed E-state index contributed by atoms with van der Waals surface area (Å²) in [5.74, 6) is -1.29. The Morgan fingerprint density at radius 1 is 1.16 bits per heavy atom. The number of aromatic nitrogens is 2. The van der Waals surface area contributed by atoms with Crippen molar-refractivity contribution in [1.29, 1.82) is 0 Å².